The maximum atomic E-state index is 12.0. The fourth-order valence-corrected chi connectivity index (χ4v) is 2.68. The Kier molecular flexibility index (Phi) is 5.88. The maximum absolute atomic E-state index is 12.0. The zero-order valence-electron chi connectivity index (χ0n) is 14.1. The van der Waals surface area contributed by atoms with E-state index in [2.05, 4.69) is 9.97 Å². The zero-order chi connectivity index (χ0) is 17.7. The third-order valence-electron chi connectivity index (χ3n) is 3.64. The summed E-state index contributed by atoms with van der Waals surface area (Å²) in [5, 5.41) is 11.5. The Hall–Kier alpha value is -2.45. The second-order valence-corrected chi connectivity index (χ2v) is 5.81. The van der Waals surface area contributed by atoms with Crippen LogP contribution in [-0.2, 0) is 9.53 Å². The molecule has 2 rings (SSSR count). The van der Waals surface area contributed by atoms with E-state index in [-0.39, 0.29) is 35.4 Å². The average molecular weight is 338 g/mol. The van der Waals surface area contributed by atoms with Gasteiger partial charge in [0.1, 0.15) is 6.33 Å². The number of aromatic nitrogens is 2. The number of carbonyl (C=O) groups excluding carboxylic acids is 1. The molecule has 132 valence electrons. The molecule has 24 heavy (non-hydrogen) atoms. The molecule has 1 saturated heterocycles. The van der Waals surface area contributed by atoms with Crippen LogP contribution in [0.3, 0.4) is 0 Å². The Morgan fingerprint density at radius 3 is 2.88 bits per heavy atom. The lowest BCUT2D eigenvalue weighted by Gasteiger charge is -2.32. The standard InChI is InChI=1S/C15H22N4O5/c1-4-23-15(20)11-6-5-7-18(8-11)13-12(19(21)22)14(17-9-16-13)24-10(2)3/h9-11H,4-8H2,1-3H3. The molecule has 1 unspecified atom stereocenters. The Bertz CT molecular complexity index is 608. The molecule has 0 bridgehead atoms. The largest absolute Gasteiger partial charge is 0.470 e. The monoisotopic (exact) mass is 338 g/mol. The zero-order valence-corrected chi connectivity index (χ0v) is 14.1. The number of esters is 1. The fraction of sp³-hybridized carbons (Fsp3) is 0.667. The first-order valence-corrected chi connectivity index (χ1v) is 8.01. The molecule has 0 spiro atoms. The summed E-state index contributed by atoms with van der Waals surface area (Å²) in [6.07, 6.45) is 2.42. The number of anilines is 1. The lowest BCUT2D eigenvalue weighted by Crippen LogP contribution is -2.40. The van der Waals surface area contributed by atoms with E-state index < -0.39 is 4.92 Å². The second kappa shape index (κ2) is 7.89. The summed E-state index contributed by atoms with van der Waals surface area (Å²) in [5.74, 6) is -0.474. The van der Waals surface area contributed by atoms with Crippen LogP contribution in [0.25, 0.3) is 0 Å². The van der Waals surface area contributed by atoms with Crippen molar-refractivity contribution in [1.29, 1.82) is 0 Å². The van der Waals surface area contributed by atoms with E-state index in [0.29, 0.717) is 26.1 Å². The van der Waals surface area contributed by atoms with Crippen LogP contribution in [-0.4, -0.2) is 46.7 Å². The van der Waals surface area contributed by atoms with Gasteiger partial charge in [0.25, 0.3) is 5.88 Å². The summed E-state index contributed by atoms with van der Waals surface area (Å²) in [6, 6.07) is 0. The van der Waals surface area contributed by atoms with Crippen LogP contribution in [0.4, 0.5) is 11.5 Å². The Morgan fingerprint density at radius 2 is 2.25 bits per heavy atom. The van der Waals surface area contributed by atoms with Crippen molar-refractivity contribution in [3.8, 4) is 5.88 Å². The molecule has 9 nitrogen and oxygen atoms in total. The molecular formula is C15H22N4O5. The minimum Gasteiger partial charge on any atom is -0.470 e. The molecule has 0 amide bonds. The van der Waals surface area contributed by atoms with Gasteiger partial charge in [0.2, 0.25) is 5.82 Å². The average Bonchev–Trinajstić information content (AvgIpc) is 2.54. The Labute approximate surface area is 140 Å². The number of hydrogen-bond acceptors (Lipinski definition) is 8. The van der Waals surface area contributed by atoms with E-state index in [1.54, 1.807) is 25.7 Å². The molecule has 0 aromatic carbocycles. The van der Waals surface area contributed by atoms with Gasteiger partial charge in [-0.1, -0.05) is 0 Å². The van der Waals surface area contributed by atoms with Gasteiger partial charge in [0.15, 0.2) is 0 Å². The van der Waals surface area contributed by atoms with E-state index in [1.807, 2.05) is 0 Å². The molecular weight excluding hydrogens is 316 g/mol. The number of ether oxygens (including phenoxy) is 2. The van der Waals surface area contributed by atoms with E-state index in [0.717, 1.165) is 6.42 Å². The minimum absolute atomic E-state index is 0.0572. The number of nitro groups is 1. The summed E-state index contributed by atoms with van der Waals surface area (Å²) >= 11 is 0. The number of nitrogens with zero attached hydrogens (tertiary/aromatic N) is 4. The third kappa shape index (κ3) is 4.09. The van der Waals surface area contributed by atoms with Crippen LogP contribution < -0.4 is 9.64 Å². The van der Waals surface area contributed by atoms with Gasteiger partial charge < -0.3 is 14.4 Å². The number of carbonyl (C=O) groups is 1. The van der Waals surface area contributed by atoms with Gasteiger partial charge in [-0.3, -0.25) is 14.9 Å². The van der Waals surface area contributed by atoms with Crippen LogP contribution in [0.5, 0.6) is 5.88 Å². The van der Waals surface area contributed by atoms with Crippen LogP contribution in [0.15, 0.2) is 6.33 Å². The van der Waals surface area contributed by atoms with E-state index in [4.69, 9.17) is 9.47 Å². The highest BCUT2D eigenvalue weighted by atomic mass is 16.6. The molecule has 0 aliphatic carbocycles. The molecule has 0 radical (unpaired) electrons. The van der Waals surface area contributed by atoms with Gasteiger partial charge in [-0.25, -0.2) is 4.98 Å². The first kappa shape index (κ1) is 17.9. The molecule has 1 atom stereocenters. The van der Waals surface area contributed by atoms with Crippen molar-refractivity contribution in [2.24, 2.45) is 5.92 Å². The van der Waals surface area contributed by atoms with Gasteiger partial charge in [-0.15, -0.1) is 0 Å². The Morgan fingerprint density at radius 1 is 1.50 bits per heavy atom. The molecule has 0 N–H and O–H groups in total. The quantitative estimate of drug-likeness (QED) is 0.440. The molecule has 1 aliphatic rings. The van der Waals surface area contributed by atoms with Crippen LogP contribution in [0, 0.1) is 16.0 Å². The summed E-state index contributed by atoms with van der Waals surface area (Å²) in [5.41, 5.74) is -0.268. The summed E-state index contributed by atoms with van der Waals surface area (Å²) < 4.78 is 10.5. The summed E-state index contributed by atoms with van der Waals surface area (Å²) in [4.78, 5) is 32.6. The summed E-state index contributed by atoms with van der Waals surface area (Å²) in [7, 11) is 0. The molecule has 1 aromatic rings. The van der Waals surface area contributed by atoms with Crippen LogP contribution >= 0.6 is 0 Å². The van der Waals surface area contributed by atoms with Gasteiger partial charge in [0.05, 0.1) is 23.6 Å². The van der Waals surface area contributed by atoms with E-state index in [1.165, 1.54) is 6.33 Å². The molecule has 1 aliphatic heterocycles. The second-order valence-electron chi connectivity index (χ2n) is 5.81. The predicted molar refractivity (Wildman–Crippen MR) is 86.0 cm³/mol. The Balaban J connectivity index is 2.30. The van der Waals surface area contributed by atoms with Crippen LogP contribution in [0.2, 0.25) is 0 Å². The van der Waals surface area contributed by atoms with Crippen LogP contribution in [0.1, 0.15) is 33.6 Å². The topological polar surface area (TPSA) is 108 Å². The smallest absolute Gasteiger partial charge is 0.372 e. The highest BCUT2D eigenvalue weighted by Gasteiger charge is 2.34. The van der Waals surface area contributed by atoms with Gasteiger partial charge >= 0.3 is 11.7 Å². The molecule has 0 saturated carbocycles. The first-order valence-electron chi connectivity index (χ1n) is 8.01. The molecule has 9 heteroatoms. The fourth-order valence-electron chi connectivity index (χ4n) is 2.68. The van der Waals surface area contributed by atoms with Crippen molar-refractivity contribution in [3.05, 3.63) is 16.4 Å². The molecule has 2 heterocycles. The van der Waals surface area contributed by atoms with Gasteiger partial charge in [0, 0.05) is 13.1 Å². The number of rotatable bonds is 6. The predicted octanol–water partition coefficient (Wildman–Crippen LogP) is 1.95. The van der Waals surface area contributed by atoms with Crippen molar-refractivity contribution in [2.75, 3.05) is 24.6 Å². The van der Waals surface area contributed by atoms with Gasteiger partial charge in [-0.05, 0) is 33.6 Å². The van der Waals surface area contributed by atoms with E-state index >= 15 is 0 Å². The highest BCUT2D eigenvalue weighted by molar-refractivity contribution is 5.74. The highest BCUT2D eigenvalue weighted by Crippen LogP contribution is 2.36. The van der Waals surface area contributed by atoms with Crippen molar-refractivity contribution in [3.63, 3.8) is 0 Å². The number of piperidine rings is 1. The lowest BCUT2D eigenvalue weighted by atomic mass is 9.98. The SMILES string of the molecule is CCOC(=O)C1CCCN(c2ncnc(OC(C)C)c2[N+](=O)[O-])C1. The minimum atomic E-state index is -0.541. The third-order valence-corrected chi connectivity index (χ3v) is 3.64. The van der Waals surface area contributed by atoms with Gasteiger partial charge in [-0.2, -0.15) is 4.98 Å². The summed E-state index contributed by atoms with van der Waals surface area (Å²) in [6.45, 7) is 6.51. The van der Waals surface area contributed by atoms with Crippen molar-refractivity contribution in [2.45, 2.75) is 39.7 Å². The van der Waals surface area contributed by atoms with Crippen molar-refractivity contribution >= 4 is 17.5 Å². The van der Waals surface area contributed by atoms with Crippen molar-refractivity contribution in [1.82, 2.24) is 9.97 Å². The normalized spacial score (nSPS) is 17.7. The molecule has 1 aromatic heterocycles. The maximum Gasteiger partial charge on any atom is 0.372 e. The van der Waals surface area contributed by atoms with E-state index in [9.17, 15) is 14.9 Å². The lowest BCUT2D eigenvalue weighted by molar-refractivity contribution is -0.385. The molecule has 1 fully saturated rings. The number of hydrogen-bond donors (Lipinski definition) is 0. The first-order chi connectivity index (χ1) is 11.4. The van der Waals surface area contributed by atoms with Crippen molar-refractivity contribution < 1.29 is 19.2 Å².